The molecular weight excluding hydrogens is 304 g/mol. The molecule has 0 aromatic heterocycles. The van der Waals surface area contributed by atoms with Crippen molar-refractivity contribution in [1.82, 2.24) is 0 Å². The summed E-state index contributed by atoms with van der Waals surface area (Å²) in [6, 6.07) is 0. The zero-order valence-corrected chi connectivity index (χ0v) is 13.8. The first kappa shape index (κ1) is 18.8. The maximum atomic E-state index is 10.5. The highest BCUT2D eigenvalue weighted by atomic mass is 16.7. The molecule has 2 rings (SSSR count). The molecule has 0 aromatic rings. The highest BCUT2D eigenvalue weighted by molar-refractivity contribution is 5.15. The third-order valence-corrected chi connectivity index (χ3v) is 5.01. The standard InChI is InChI=1S/C16H28O7/c1-8(2)16(5-4-9(3)6-11(16)18)23-15-14(21)13(20)12(19)10(7-17)22-15/h6,8,10-15,17-21H,4-5,7H2,1-3H3/t10-,11?,12-,13+,14-,15+,16?/m1/s1. The van der Waals surface area contributed by atoms with E-state index in [1.165, 1.54) is 0 Å². The first-order valence-corrected chi connectivity index (χ1v) is 8.06. The minimum atomic E-state index is -1.49. The van der Waals surface area contributed by atoms with E-state index >= 15 is 0 Å². The molecule has 0 aromatic carbocycles. The lowest BCUT2D eigenvalue weighted by molar-refractivity contribution is -0.341. The van der Waals surface area contributed by atoms with Crippen LogP contribution in [0.15, 0.2) is 11.6 Å². The van der Waals surface area contributed by atoms with Gasteiger partial charge in [0.1, 0.15) is 36.1 Å². The molecule has 2 aliphatic rings. The summed E-state index contributed by atoms with van der Waals surface area (Å²) in [6.45, 7) is 5.23. The predicted octanol–water partition coefficient (Wildman–Crippen LogP) is -0.701. The van der Waals surface area contributed by atoms with Gasteiger partial charge in [-0.15, -0.1) is 0 Å². The normalized spacial score (nSPS) is 45.2. The molecule has 0 radical (unpaired) electrons. The summed E-state index contributed by atoms with van der Waals surface area (Å²) in [6.07, 6.45) is -4.51. The van der Waals surface area contributed by atoms with Crippen LogP contribution in [0.2, 0.25) is 0 Å². The Morgan fingerprint density at radius 3 is 2.39 bits per heavy atom. The van der Waals surface area contributed by atoms with Crippen molar-refractivity contribution in [1.29, 1.82) is 0 Å². The van der Waals surface area contributed by atoms with Crippen LogP contribution in [0.4, 0.5) is 0 Å². The van der Waals surface area contributed by atoms with E-state index in [1.54, 1.807) is 6.08 Å². The van der Waals surface area contributed by atoms with Crippen molar-refractivity contribution >= 4 is 0 Å². The van der Waals surface area contributed by atoms with Gasteiger partial charge in [-0.2, -0.15) is 0 Å². The molecule has 1 saturated heterocycles. The molecule has 0 amide bonds. The smallest absolute Gasteiger partial charge is 0.187 e. The molecule has 1 aliphatic heterocycles. The number of aliphatic hydroxyl groups is 5. The second kappa shape index (κ2) is 7.14. The Labute approximate surface area is 136 Å². The van der Waals surface area contributed by atoms with Gasteiger partial charge in [0.25, 0.3) is 0 Å². The van der Waals surface area contributed by atoms with Gasteiger partial charge in [-0.3, -0.25) is 0 Å². The van der Waals surface area contributed by atoms with E-state index < -0.39 is 49.0 Å². The number of aliphatic hydroxyl groups excluding tert-OH is 5. The van der Waals surface area contributed by atoms with Gasteiger partial charge in [0.2, 0.25) is 0 Å². The fourth-order valence-electron chi connectivity index (χ4n) is 3.31. The van der Waals surface area contributed by atoms with Crippen LogP contribution in [0.5, 0.6) is 0 Å². The van der Waals surface area contributed by atoms with Gasteiger partial charge in [0.15, 0.2) is 6.29 Å². The Balaban J connectivity index is 2.23. The van der Waals surface area contributed by atoms with E-state index in [1.807, 2.05) is 20.8 Å². The second-order valence-corrected chi connectivity index (χ2v) is 6.88. The Bertz CT molecular complexity index is 436. The molecule has 134 valence electrons. The second-order valence-electron chi connectivity index (χ2n) is 6.88. The van der Waals surface area contributed by atoms with Crippen LogP contribution >= 0.6 is 0 Å². The number of ether oxygens (including phenoxy) is 2. The van der Waals surface area contributed by atoms with Gasteiger partial charge in [-0.05, 0) is 25.7 Å². The topological polar surface area (TPSA) is 120 Å². The molecule has 2 unspecified atom stereocenters. The van der Waals surface area contributed by atoms with Crippen molar-refractivity contribution in [2.75, 3.05) is 6.61 Å². The molecule has 5 N–H and O–H groups in total. The summed E-state index contributed by atoms with van der Waals surface area (Å²) in [5, 5.41) is 49.6. The summed E-state index contributed by atoms with van der Waals surface area (Å²) in [4.78, 5) is 0. The molecule has 7 heteroatoms. The maximum absolute atomic E-state index is 10.5. The van der Waals surface area contributed by atoms with Crippen molar-refractivity contribution in [3.05, 3.63) is 11.6 Å². The number of rotatable bonds is 4. The third kappa shape index (κ3) is 3.46. The number of allylic oxidation sites excluding steroid dienone is 1. The van der Waals surface area contributed by atoms with Crippen LogP contribution in [0.25, 0.3) is 0 Å². The minimum Gasteiger partial charge on any atom is -0.394 e. The molecular formula is C16H28O7. The molecule has 1 aliphatic carbocycles. The monoisotopic (exact) mass is 332 g/mol. The van der Waals surface area contributed by atoms with E-state index in [2.05, 4.69) is 0 Å². The van der Waals surface area contributed by atoms with Crippen LogP contribution in [0.1, 0.15) is 33.6 Å². The van der Waals surface area contributed by atoms with E-state index in [0.29, 0.717) is 6.42 Å². The van der Waals surface area contributed by atoms with Crippen LogP contribution in [-0.2, 0) is 9.47 Å². The van der Waals surface area contributed by atoms with Gasteiger partial charge < -0.3 is 35.0 Å². The van der Waals surface area contributed by atoms with Crippen LogP contribution < -0.4 is 0 Å². The Kier molecular flexibility index (Phi) is 5.84. The van der Waals surface area contributed by atoms with E-state index in [-0.39, 0.29) is 5.92 Å². The molecule has 1 fully saturated rings. The lowest BCUT2D eigenvalue weighted by Crippen LogP contribution is -2.63. The molecule has 23 heavy (non-hydrogen) atoms. The van der Waals surface area contributed by atoms with Crippen LogP contribution in [-0.4, -0.2) is 74.6 Å². The highest BCUT2D eigenvalue weighted by Crippen LogP contribution is 2.40. The summed E-state index contributed by atoms with van der Waals surface area (Å²) in [5.41, 5.74) is 0.0962. The highest BCUT2D eigenvalue weighted by Gasteiger charge is 2.50. The van der Waals surface area contributed by atoms with E-state index in [9.17, 15) is 25.5 Å². The summed E-state index contributed by atoms with van der Waals surface area (Å²) >= 11 is 0. The largest absolute Gasteiger partial charge is 0.394 e. The summed E-state index contributed by atoms with van der Waals surface area (Å²) < 4.78 is 11.4. The molecule has 7 nitrogen and oxygen atoms in total. The Hall–Kier alpha value is -0.540. The van der Waals surface area contributed by atoms with Crippen LogP contribution in [0.3, 0.4) is 0 Å². The fourth-order valence-corrected chi connectivity index (χ4v) is 3.31. The minimum absolute atomic E-state index is 0.0748. The van der Waals surface area contributed by atoms with Crippen LogP contribution in [0, 0.1) is 5.92 Å². The molecule has 0 bridgehead atoms. The predicted molar refractivity (Wildman–Crippen MR) is 81.4 cm³/mol. The fraction of sp³-hybridized carbons (Fsp3) is 0.875. The number of hydrogen-bond donors (Lipinski definition) is 5. The van der Waals surface area contributed by atoms with Crippen molar-refractivity contribution in [2.45, 2.75) is 76.0 Å². The van der Waals surface area contributed by atoms with Crippen molar-refractivity contribution < 1.29 is 35.0 Å². The van der Waals surface area contributed by atoms with Gasteiger partial charge >= 0.3 is 0 Å². The van der Waals surface area contributed by atoms with Crippen molar-refractivity contribution in [2.24, 2.45) is 5.92 Å². The summed E-state index contributed by atoms with van der Waals surface area (Å²) in [7, 11) is 0. The molecule has 0 spiro atoms. The van der Waals surface area contributed by atoms with Gasteiger partial charge in [-0.1, -0.05) is 25.5 Å². The van der Waals surface area contributed by atoms with E-state index in [0.717, 1.165) is 12.0 Å². The molecule has 7 atom stereocenters. The molecule has 1 heterocycles. The third-order valence-electron chi connectivity index (χ3n) is 5.01. The lowest BCUT2D eigenvalue weighted by Gasteiger charge is -2.48. The SMILES string of the molecule is CC1=CC(O)C(O[C@@H]2O[C@H](CO)[C@@H](O)[C@H](O)[C@H]2O)(C(C)C)CC1. The summed E-state index contributed by atoms with van der Waals surface area (Å²) in [5.74, 6) is -0.0748. The maximum Gasteiger partial charge on any atom is 0.187 e. The first-order valence-electron chi connectivity index (χ1n) is 8.06. The number of hydrogen-bond acceptors (Lipinski definition) is 7. The lowest BCUT2D eigenvalue weighted by atomic mass is 9.75. The average molecular weight is 332 g/mol. The zero-order chi connectivity index (χ0) is 17.4. The van der Waals surface area contributed by atoms with Crippen molar-refractivity contribution in [3.8, 4) is 0 Å². The van der Waals surface area contributed by atoms with Gasteiger partial charge in [0, 0.05) is 0 Å². The quantitative estimate of drug-likeness (QED) is 0.432. The van der Waals surface area contributed by atoms with Gasteiger partial charge in [0.05, 0.1) is 6.61 Å². The first-order chi connectivity index (χ1) is 10.7. The Morgan fingerprint density at radius 2 is 1.87 bits per heavy atom. The zero-order valence-electron chi connectivity index (χ0n) is 13.8. The Morgan fingerprint density at radius 1 is 1.22 bits per heavy atom. The average Bonchev–Trinajstić information content (AvgIpc) is 2.50. The molecule has 0 saturated carbocycles. The van der Waals surface area contributed by atoms with E-state index in [4.69, 9.17) is 9.47 Å². The van der Waals surface area contributed by atoms with Crippen molar-refractivity contribution in [3.63, 3.8) is 0 Å². The van der Waals surface area contributed by atoms with Gasteiger partial charge in [-0.25, -0.2) is 0 Å².